The average molecular weight is 261 g/mol. The summed E-state index contributed by atoms with van der Waals surface area (Å²) in [4.78, 5) is 0. The van der Waals surface area contributed by atoms with Gasteiger partial charge in [0.05, 0.1) is 0 Å². The highest BCUT2D eigenvalue weighted by Crippen LogP contribution is 2.42. The van der Waals surface area contributed by atoms with Crippen molar-refractivity contribution in [1.29, 1.82) is 0 Å². The molecule has 0 amide bonds. The first-order valence-electron chi connectivity index (χ1n) is 5.33. The van der Waals surface area contributed by atoms with Gasteiger partial charge in [-0.25, -0.2) is 4.39 Å². The van der Waals surface area contributed by atoms with Crippen molar-refractivity contribution >= 4 is 23.4 Å². The second-order valence-corrected chi connectivity index (χ2v) is 6.05. The van der Waals surface area contributed by atoms with Crippen LogP contribution in [0.25, 0.3) is 0 Å². The summed E-state index contributed by atoms with van der Waals surface area (Å²) < 4.78 is 13.8. The van der Waals surface area contributed by atoms with Crippen LogP contribution < -0.4 is 0 Å². The van der Waals surface area contributed by atoms with E-state index < -0.39 is 11.4 Å². The normalized spacial score (nSPS) is 30.4. The Morgan fingerprint density at radius 2 is 2.31 bits per heavy atom. The molecule has 4 heteroatoms. The third kappa shape index (κ3) is 2.08. The van der Waals surface area contributed by atoms with Gasteiger partial charge in [0, 0.05) is 15.8 Å². The van der Waals surface area contributed by atoms with Gasteiger partial charge in [-0.2, -0.15) is 11.8 Å². The van der Waals surface area contributed by atoms with Crippen LogP contribution in [0.15, 0.2) is 18.2 Å². The molecule has 1 aromatic rings. The second-order valence-electron chi connectivity index (χ2n) is 4.16. The first-order chi connectivity index (χ1) is 7.54. The van der Waals surface area contributed by atoms with E-state index in [4.69, 9.17) is 11.6 Å². The Hall–Kier alpha value is -0.250. The molecule has 1 nitrogen and oxygen atoms in total. The van der Waals surface area contributed by atoms with E-state index in [-0.39, 0.29) is 5.25 Å². The highest BCUT2D eigenvalue weighted by Gasteiger charge is 2.40. The maximum absolute atomic E-state index is 13.8. The maximum atomic E-state index is 13.8. The van der Waals surface area contributed by atoms with Gasteiger partial charge in [0.1, 0.15) is 11.4 Å². The van der Waals surface area contributed by atoms with Gasteiger partial charge < -0.3 is 5.11 Å². The number of aliphatic hydroxyl groups is 1. The van der Waals surface area contributed by atoms with Crippen LogP contribution in [0.2, 0.25) is 5.02 Å². The van der Waals surface area contributed by atoms with Crippen LogP contribution in [0, 0.1) is 5.82 Å². The molecule has 0 saturated carbocycles. The minimum absolute atomic E-state index is 0.0110. The Bertz CT molecular complexity index is 399. The van der Waals surface area contributed by atoms with Crippen LogP contribution in [0.5, 0.6) is 0 Å². The molecule has 88 valence electrons. The lowest BCUT2D eigenvalue weighted by molar-refractivity contribution is 0.0220. The monoisotopic (exact) mass is 260 g/mol. The lowest BCUT2D eigenvalue weighted by atomic mass is 9.86. The van der Waals surface area contributed by atoms with E-state index in [1.54, 1.807) is 23.9 Å². The smallest absolute Gasteiger partial charge is 0.130 e. The van der Waals surface area contributed by atoms with E-state index in [1.165, 1.54) is 6.07 Å². The van der Waals surface area contributed by atoms with Gasteiger partial charge in [-0.15, -0.1) is 0 Å². The first kappa shape index (κ1) is 12.2. The average Bonchev–Trinajstić information content (AvgIpc) is 2.22. The standard InChI is InChI=1S/C12H14ClFOS/c1-8-12(15,5-2-6-16-8)10-4-3-9(13)7-11(10)14/h3-4,7-8,15H,2,5-6H2,1H3. The molecule has 1 saturated heterocycles. The van der Waals surface area contributed by atoms with Crippen molar-refractivity contribution in [1.82, 2.24) is 0 Å². The van der Waals surface area contributed by atoms with Gasteiger partial charge in [-0.05, 0) is 30.7 Å². The minimum Gasteiger partial charge on any atom is -0.384 e. The molecular formula is C12H14ClFOS. The third-order valence-electron chi connectivity index (χ3n) is 3.14. The molecule has 1 N–H and O–H groups in total. The molecule has 1 fully saturated rings. The number of rotatable bonds is 1. The zero-order valence-electron chi connectivity index (χ0n) is 9.04. The van der Waals surface area contributed by atoms with Gasteiger partial charge in [0.2, 0.25) is 0 Å². The fourth-order valence-electron chi connectivity index (χ4n) is 2.14. The second kappa shape index (κ2) is 4.55. The van der Waals surface area contributed by atoms with Gasteiger partial charge >= 0.3 is 0 Å². The first-order valence-corrected chi connectivity index (χ1v) is 6.76. The maximum Gasteiger partial charge on any atom is 0.130 e. The van der Waals surface area contributed by atoms with Gasteiger partial charge in [-0.1, -0.05) is 24.6 Å². The summed E-state index contributed by atoms with van der Waals surface area (Å²) >= 11 is 7.39. The Morgan fingerprint density at radius 3 is 2.94 bits per heavy atom. The number of halogens is 2. The Kier molecular flexibility index (Phi) is 3.48. The summed E-state index contributed by atoms with van der Waals surface area (Å²) in [6.45, 7) is 1.94. The summed E-state index contributed by atoms with van der Waals surface area (Å²) in [5.41, 5.74) is -0.686. The third-order valence-corrected chi connectivity index (χ3v) is 4.79. The number of thioether (sulfide) groups is 1. The lowest BCUT2D eigenvalue weighted by Gasteiger charge is -2.38. The summed E-state index contributed by atoms with van der Waals surface area (Å²) in [5.74, 6) is 0.614. The van der Waals surface area contributed by atoms with Gasteiger partial charge in [0.15, 0.2) is 0 Å². The molecule has 2 rings (SSSR count). The summed E-state index contributed by atoms with van der Waals surface area (Å²) in [5, 5.41) is 11.0. The van der Waals surface area contributed by atoms with E-state index in [1.807, 2.05) is 6.92 Å². The van der Waals surface area contributed by atoms with Crippen LogP contribution in [0.1, 0.15) is 25.3 Å². The fourth-order valence-corrected chi connectivity index (χ4v) is 3.48. The van der Waals surface area contributed by atoms with Crippen molar-refractivity contribution in [2.24, 2.45) is 0 Å². The molecule has 16 heavy (non-hydrogen) atoms. The Labute approximate surface area is 104 Å². The largest absolute Gasteiger partial charge is 0.384 e. The Morgan fingerprint density at radius 1 is 1.56 bits per heavy atom. The molecule has 0 aromatic heterocycles. The minimum atomic E-state index is -1.06. The molecule has 1 aliphatic rings. The van der Waals surface area contributed by atoms with Crippen LogP contribution in [-0.2, 0) is 5.60 Å². The number of hydrogen-bond acceptors (Lipinski definition) is 2. The lowest BCUT2D eigenvalue weighted by Crippen LogP contribution is -2.39. The van der Waals surface area contributed by atoms with Crippen molar-refractivity contribution in [2.45, 2.75) is 30.6 Å². The van der Waals surface area contributed by atoms with Crippen molar-refractivity contribution in [3.8, 4) is 0 Å². The molecule has 0 spiro atoms. The zero-order valence-corrected chi connectivity index (χ0v) is 10.6. The molecule has 0 bridgehead atoms. The quantitative estimate of drug-likeness (QED) is 0.833. The number of hydrogen-bond donors (Lipinski definition) is 1. The predicted molar refractivity (Wildman–Crippen MR) is 66.5 cm³/mol. The van der Waals surface area contributed by atoms with Crippen molar-refractivity contribution in [3.05, 3.63) is 34.6 Å². The van der Waals surface area contributed by atoms with E-state index in [9.17, 15) is 9.50 Å². The van der Waals surface area contributed by atoms with Crippen molar-refractivity contribution in [2.75, 3.05) is 5.75 Å². The molecule has 1 aliphatic heterocycles. The summed E-state index contributed by atoms with van der Waals surface area (Å²) in [6.07, 6.45) is 1.52. The van der Waals surface area contributed by atoms with Crippen LogP contribution >= 0.6 is 23.4 Å². The zero-order chi connectivity index (χ0) is 11.8. The molecular weight excluding hydrogens is 247 g/mol. The summed E-state index contributed by atoms with van der Waals surface area (Å²) in [7, 11) is 0. The number of benzene rings is 1. The highest BCUT2D eigenvalue weighted by atomic mass is 35.5. The molecule has 2 unspecified atom stereocenters. The fraction of sp³-hybridized carbons (Fsp3) is 0.500. The van der Waals surface area contributed by atoms with E-state index in [0.29, 0.717) is 17.0 Å². The van der Waals surface area contributed by atoms with Gasteiger partial charge in [0.25, 0.3) is 0 Å². The van der Waals surface area contributed by atoms with Crippen molar-refractivity contribution in [3.63, 3.8) is 0 Å². The Balaban J connectivity index is 2.41. The van der Waals surface area contributed by atoms with Gasteiger partial charge in [-0.3, -0.25) is 0 Å². The topological polar surface area (TPSA) is 20.2 Å². The predicted octanol–water partition coefficient (Wildman–Crippen LogP) is 3.58. The molecule has 1 aromatic carbocycles. The molecule has 0 aliphatic carbocycles. The highest BCUT2D eigenvalue weighted by molar-refractivity contribution is 8.00. The SMILES string of the molecule is CC1SCCCC1(O)c1ccc(Cl)cc1F. The van der Waals surface area contributed by atoms with Crippen LogP contribution in [0.3, 0.4) is 0 Å². The summed E-state index contributed by atoms with van der Waals surface area (Å²) in [6, 6.07) is 4.49. The van der Waals surface area contributed by atoms with Crippen LogP contribution in [-0.4, -0.2) is 16.1 Å². The molecule has 0 radical (unpaired) electrons. The van der Waals surface area contributed by atoms with E-state index in [2.05, 4.69) is 0 Å². The van der Waals surface area contributed by atoms with E-state index >= 15 is 0 Å². The molecule has 1 heterocycles. The van der Waals surface area contributed by atoms with Crippen molar-refractivity contribution < 1.29 is 9.50 Å². The van der Waals surface area contributed by atoms with Crippen LogP contribution in [0.4, 0.5) is 4.39 Å². The van der Waals surface area contributed by atoms with E-state index in [0.717, 1.165) is 12.2 Å². The molecule has 2 atom stereocenters.